The molecule has 0 bridgehead atoms. The van der Waals surface area contributed by atoms with Crippen molar-refractivity contribution in [1.82, 2.24) is 9.80 Å². The number of amides is 3. The summed E-state index contributed by atoms with van der Waals surface area (Å²) in [5.41, 5.74) is 0.130. The predicted octanol–water partition coefficient (Wildman–Crippen LogP) is 1.70. The van der Waals surface area contributed by atoms with Gasteiger partial charge in [-0.1, -0.05) is 15.9 Å². The van der Waals surface area contributed by atoms with Crippen LogP contribution in [-0.4, -0.2) is 60.5 Å². The van der Waals surface area contributed by atoms with Crippen LogP contribution in [0.3, 0.4) is 0 Å². The van der Waals surface area contributed by atoms with Gasteiger partial charge < -0.3 is 20.2 Å². The lowest BCUT2D eigenvalue weighted by atomic mass is 10.2. The van der Waals surface area contributed by atoms with E-state index in [1.807, 2.05) is 0 Å². The number of hydrogen-bond acceptors (Lipinski definition) is 3. The second-order valence-electron chi connectivity index (χ2n) is 4.57. The lowest BCUT2D eigenvalue weighted by Crippen LogP contribution is -2.40. The molecule has 0 radical (unpaired) electrons. The summed E-state index contributed by atoms with van der Waals surface area (Å²) in [7, 11) is 4.63. The normalized spacial score (nSPS) is 9.90. The molecule has 0 saturated heterocycles. The maximum absolute atomic E-state index is 12.0. The van der Waals surface area contributed by atoms with Gasteiger partial charge >= 0.3 is 12.0 Å². The van der Waals surface area contributed by atoms with E-state index in [2.05, 4.69) is 21.2 Å². The number of halogens is 1. The number of urea groups is 1. The molecule has 0 aliphatic carbocycles. The monoisotopic (exact) mass is 357 g/mol. The van der Waals surface area contributed by atoms with Crippen molar-refractivity contribution in [2.75, 3.05) is 33.0 Å². The molecule has 0 unspecified atom stereocenters. The Kier molecular flexibility index (Phi) is 5.71. The van der Waals surface area contributed by atoms with Gasteiger partial charge in [0.25, 0.3) is 0 Å². The maximum atomic E-state index is 12.0. The molecule has 0 aliphatic rings. The maximum Gasteiger partial charge on any atom is 0.337 e. The van der Waals surface area contributed by atoms with E-state index < -0.39 is 12.0 Å². The first-order valence-corrected chi connectivity index (χ1v) is 6.76. The van der Waals surface area contributed by atoms with Crippen molar-refractivity contribution in [3.05, 3.63) is 28.2 Å². The van der Waals surface area contributed by atoms with Gasteiger partial charge in [0, 0.05) is 25.6 Å². The standard InChI is InChI=1S/C13H16BrN3O4/c1-16(2)11(18)7-17(3)13(21)15-10-6-8(14)4-5-9(10)12(19)20/h4-6H,7H2,1-3H3,(H,15,21)(H,19,20). The van der Waals surface area contributed by atoms with E-state index >= 15 is 0 Å². The summed E-state index contributed by atoms with van der Waals surface area (Å²) >= 11 is 3.21. The highest BCUT2D eigenvalue weighted by atomic mass is 79.9. The van der Waals surface area contributed by atoms with E-state index in [0.717, 1.165) is 0 Å². The van der Waals surface area contributed by atoms with Crippen LogP contribution in [0.2, 0.25) is 0 Å². The highest BCUT2D eigenvalue weighted by Crippen LogP contribution is 2.21. The molecule has 3 amide bonds. The van der Waals surface area contributed by atoms with Crippen molar-refractivity contribution in [1.29, 1.82) is 0 Å². The van der Waals surface area contributed by atoms with Crippen molar-refractivity contribution < 1.29 is 19.5 Å². The lowest BCUT2D eigenvalue weighted by Gasteiger charge is -2.20. The first kappa shape index (κ1) is 17.0. The third-order valence-electron chi connectivity index (χ3n) is 2.67. The molecule has 0 heterocycles. The molecule has 0 aromatic heterocycles. The van der Waals surface area contributed by atoms with Crippen LogP contribution in [0.4, 0.5) is 10.5 Å². The third-order valence-corrected chi connectivity index (χ3v) is 3.16. The molecular weight excluding hydrogens is 342 g/mol. The van der Waals surface area contributed by atoms with E-state index in [-0.39, 0.29) is 23.7 Å². The van der Waals surface area contributed by atoms with Crippen LogP contribution in [0.1, 0.15) is 10.4 Å². The Morgan fingerprint density at radius 2 is 1.86 bits per heavy atom. The van der Waals surface area contributed by atoms with Crippen molar-refractivity contribution in [3.63, 3.8) is 0 Å². The van der Waals surface area contributed by atoms with Crippen LogP contribution in [-0.2, 0) is 4.79 Å². The van der Waals surface area contributed by atoms with Gasteiger partial charge in [0.15, 0.2) is 0 Å². The summed E-state index contributed by atoms with van der Waals surface area (Å²) in [6.07, 6.45) is 0. The van der Waals surface area contributed by atoms with Gasteiger partial charge in [0.1, 0.15) is 6.54 Å². The molecule has 0 fully saturated rings. The van der Waals surface area contributed by atoms with E-state index in [0.29, 0.717) is 4.47 Å². The number of likely N-dealkylation sites (N-methyl/N-ethyl adjacent to an activating group) is 2. The molecule has 0 saturated carbocycles. The highest BCUT2D eigenvalue weighted by Gasteiger charge is 2.17. The van der Waals surface area contributed by atoms with Crippen LogP contribution >= 0.6 is 15.9 Å². The number of anilines is 1. The van der Waals surface area contributed by atoms with Crippen molar-refractivity contribution in [2.45, 2.75) is 0 Å². The SMILES string of the molecule is CN(C)C(=O)CN(C)C(=O)Nc1cc(Br)ccc1C(=O)O. The zero-order valence-electron chi connectivity index (χ0n) is 11.9. The molecule has 21 heavy (non-hydrogen) atoms. The van der Waals surface area contributed by atoms with Crippen LogP contribution in [0, 0.1) is 0 Å². The minimum Gasteiger partial charge on any atom is -0.478 e. The quantitative estimate of drug-likeness (QED) is 0.857. The zero-order chi connectivity index (χ0) is 16.2. The van der Waals surface area contributed by atoms with Gasteiger partial charge in [0.2, 0.25) is 5.91 Å². The number of carboxylic acid groups (broad SMARTS) is 1. The smallest absolute Gasteiger partial charge is 0.337 e. The number of nitrogens with zero attached hydrogens (tertiary/aromatic N) is 2. The van der Waals surface area contributed by atoms with E-state index in [1.165, 1.54) is 29.0 Å². The first-order valence-electron chi connectivity index (χ1n) is 5.97. The molecule has 0 atom stereocenters. The molecule has 114 valence electrons. The predicted molar refractivity (Wildman–Crippen MR) is 81.4 cm³/mol. The summed E-state index contributed by atoms with van der Waals surface area (Å²) in [6, 6.07) is 3.87. The highest BCUT2D eigenvalue weighted by molar-refractivity contribution is 9.10. The van der Waals surface area contributed by atoms with Gasteiger partial charge in [-0.15, -0.1) is 0 Å². The summed E-state index contributed by atoms with van der Waals surface area (Å²) in [6.45, 7) is -0.102. The second-order valence-corrected chi connectivity index (χ2v) is 5.49. The van der Waals surface area contributed by atoms with Gasteiger partial charge in [-0.05, 0) is 18.2 Å². The number of hydrogen-bond donors (Lipinski definition) is 2. The van der Waals surface area contributed by atoms with Gasteiger partial charge in [0.05, 0.1) is 11.3 Å². The number of carboxylic acids is 1. The van der Waals surface area contributed by atoms with E-state index in [9.17, 15) is 14.4 Å². The largest absolute Gasteiger partial charge is 0.478 e. The molecule has 7 nitrogen and oxygen atoms in total. The lowest BCUT2D eigenvalue weighted by molar-refractivity contribution is -0.129. The number of rotatable bonds is 4. The van der Waals surface area contributed by atoms with Crippen LogP contribution in [0.25, 0.3) is 0 Å². The van der Waals surface area contributed by atoms with Crippen LogP contribution in [0.15, 0.2) is 22.7 Å². The Hall–Kier alpha value is -2.09. The topological polar surface area (TPSA) is 90.0 Å². The second kappa shape index (κ2) is 7.07. The molecule has 1 rings (SSSR count). The van der Waals surface area contributed by atoms with Crippen molar-refractivity contribution in [2.24, 2.45) is 0 Å². The molecule has 0 spiro atoms. The van der Waals surface area contributed by atoms with Gasteiger partial charge in [-0.25, -0.2) is 9.59 Å². The molecular formula is C13H16BrN3O4. The Bertz CT molecular complexity index is 575. The third kappa shape index (κ3) is 4.75. The Balaban J connectivity index is 2.85. The number of carbonyl (C=O) groups is 3. The molecule has 1 aromatic rings. The minimum absolute atomic E-state index is 0.0288. The Morgan fingerprint density at radius 1 is 1.24 bits per heavy atom. The average molecular weight is 358 g/mol. The summed E-state index contributed by atoms with van der Waals surface area (Å²) in [5.74, 6) is -1.38. The average Bonchev–Trinajstić information content (AvgIpc) is 2.37. The fraction of sp³-hybridized carbons (Fsp3) is 0.308. The summed E-state index contributed by atoms with van der Waals surface area (Å²) in [4.78, 5) is 37.2. The van der Waals surface area contributed by atoms with E-state index in [4.69, 9.17) is 5.11 Å². The molecule has 0 aliphatic heterocycles. The summed E-state index contributed by atoms with van der Waals surface area (Å²) in [5, 5.41) is 11.6. The molecule has 8 heteroatoms. The van der Waals surface area contributed by atoms with Gasteiger partial charge in [-0.2, -0.15) is 0 Å². The Morgan fingerprint density at radius 3 is 2.38 bits per heavy atom. The van der Waals surface area contributed by atoms with Crippen LogP contribution in [0.5, 0.6) is 0 Å². The molecule has 1 aromatic carbocycles. The van der Waals surface area contributed by atoms with Crippen LogP contribution < -0.4 is 5.32 Å². The molecule has 2 N–H and O–H groups in total. The number of carbonyl (C=O) groups excluding carboxylic acids is 2. The zero-order valence-corrected chi connectivity index (χ0v) is 13.5. The van der Waals surface area contributed by atoms with E-state index in [1.54, 1.807) is 20.2 Å². The van der Waals surface area contributed by atoms with Gasteiger partial charge in [-0.3, -0.25) is 4.79 Å². The number of benzene rings is 1. The number of nitrogens with one attached hydrogen (secondary N) is 1. The first-order chi connectivity index (χ1) is 9.72. The summed E-state index contributed by atoms with van der Waals surface area (Å²) < 4.78 is 0.634. The number of aromatic carboxylic acids is 1. The fourth-order valence-corrected chi connectivity index (χ4v) is 1.79. The van der Waals surface area contributed by atoms with Crippen molar-refractivity contribution >= 4 is 39.5 Å². The fourth-order valence-electron chi connectivity index (χ4n) is 1.43. The minimum atomic E-state index is -1.15. The van der Waals surface area contributed by atoms with Crippen molar-refractivity contribution in [3.8, 4) is 0 Å². The Labute approximate surface area is 130 Å².